The van der Waals surface area contributed by atoms with Gasteiger partial charge in [0.25, 0.3) is 5.91 Å². The summed E-state index contributed by atoms with van der Waals surface area (Å²) in [4.78, 5) is 28.3. The molecule has 0 N–H and O–H groups in total. The van der Waals surface area contributed by atoms with Crippen molar-refractivity contribution in [1.82, 2.24) is 9.80 Å². The molecule has 0 atom stereocenters. The lowest BCUT2D eigenvalue weighted by Crippen LogP contribution is -2.50. The molecule has 1 aliphatic heterocycles. The highest BCUT2D eigenvalue weighted by atomic mass is 35.5. The summed E-state index contributed by atoms with van der Waals surface area (Å²) in [6.07, 6.45) is 1.28. The number of amides is 2. The summed E-state index contributed by atoms with van der Waals surface area (Å²) < 4.78 is 5.39. The smallest absolute Gasteiger partial charge is 0.257 e. The van der Waals surface area contributed by atoms with E-state index in [0.29, 0.717) is 63.7 Å². The van der Waals surface area contributed by atoms with Crippen molar-refractivity contribution in [3.8, 4) is 16.9 Å². The Labute approximate surface area is 184 Å². The van der Waals surface area contributed by atoms with Crippen LogP contribution in [0, 0.1) is 0 Å². The van der Waals surface area contributed by atoms with Crippen LogP contribution in [0.15, 0.2) is 43.0 Å². The molecule has 1 fully saturated rings. The van der Waals surface area contributed by atoms with Crippen molar-refractivity contribution in [2.24, 2.45) is 0 Å². The molecule has 2 amide bonds. The summed E-state index contributed by atoms with van der Waals surface area (Å²) in [7, 11) is 1.48. The maximum absolute atomic E-state index is 13.2. The van der Waals surface area contributed by atoms with Crippen molar-refractivity contribution in [2.75, 3.05) is 33.3 Å². The molecule has 2 aromatic carbocycles. The van der Waals surface area contributed by atoms with Crippen LogP contribution in [-0.4, -0.2) is 54.9 Å². The minimum Gasteiger partial charge on any atom is -0.496 e. The van der Waals surface area contributed by atoms with Gasteiger partial charge in [-0.2, -0.15) is 0 Å². The molecule has 2 aromatic rings. The molecule has 0 aliphatic carbocycles. The Bertz CT molecular complexity index is 970. The van der Waals surface area contributed by atoms with Gasteiger partial charge in [-0.05, 0) is 30.3 Å². The van der Waals surface area contributed by atoms with Crippen LogP contribution in [-0.2, 0) is 4.79 Å². The lowest BCUT2D eigenvalue weighted by Gasteiger charge is -2.34. The molecule has 1 saturated heterocycles. The molecule has 3 rings (SSSR count). The van der Waals surface area contributed by atoms with Crippen molar-refractivity contribution in [1.29, 1.82) is 0 Å². The summed E-state index contributed by atoms with van der Waals surface area (Å²) in [5, 5.41) is 1.37. The second kappa shape index (κ2) is 9.08. The SMILES string of the molecule is C=CC(=O)N1CCN(C(=O)c2cc(-c3cc(Cl)ccc3Cl)c(Cl)cc2OC)CC1. The standard InChI is InChI=1S/C21H19Cl3N2O3/c1-3-20(27)25-6-8-26(9-7-25)21(28)16-11-15(18(24)12-19(16)29-2)14-10-13(22)4-5-17(14)23/h3-5,10-12H,1,6-9H2,2H3. The molecule has 29 heavy (non-hydrogen) atoms. The minimum absolute atomic E-state index is 0.140. The monoisotopic (exact) mass is 452 g/mol. The topological polar surface area (TPSA) is 49.9 Å². The van der Waals surface area contributed by atoms with Crippen LogP contribution >= 0.6 is 34.8 Å². The molecule has 5 nitrogen and oxygen atoms in total. The number of halogens is 3. The van der Waals surface area contributed by atoms with Gasteiger partial charge in [0, 0.05) is 53.4 Å². The van der Waals surface area contributed by atoms with E-state index in [2.05, 4.69) is 6.58 Å². The quantitative estimate of drug-likeness (QED) is 0.625. The van der Waals surface area contributed by atoms with E-state index >= 15 is 0 Å². The Morgan fingerprint density at radius 3 is 2.21 bits per heavy atom. The van der Waals surface area contributed by atoms with Crippen LogP contribution < -0.4 is 4.74 Å². The van der Waals surface area contributed by atoms with Crippen molar-refractivity contribution >= 4 is 46.6 Å². The van der Waals surface area contributed by atoms with Gasteiger partial charge < -0.3 is 14.5 Å². The van der Waals surface area contributed by atoms with Crippen molar-refractivity contribution in [3.63, 3.8) is 0 Å². The third-order valence-electron chi connectivity index (χ3n) is 4.79. The zero-order valence-corrected chi connectivity index (χ0v) is 18.0. The molecule has 0 spiro atoms. The largest absolute Gasteiger partial charge is 0.496 e. The highest BCUT2D eigenvalue weighted by molar-refractivity contribution is 6.38. The molecule has 1 heterocycles. The summed E-state index contributed by atoms with van der Waals surface area (Å²) in [6, 6.07) is 8.32. The van der Waals surface area contributed by atoms with Gasteiger partial charge in [-0.3, -0.25) is 9.59 Å². The Morgan fingerprint density at radius 1 is 0.966 bits per heavy atom. The molecule has 8 heteroatoms. The maximum atomic E-state index is 13.2. The number of rotatable bonds is 4. The van der Waals surface area contributed by atoms with E-state index in [4.69, 9.17) is 39.5 Å². The first-order valence-electron chi connectivity index (χ1n) is 8.89. The van der Waals surface area contributed by atoms with Crippen LogP contribution in [0.4, 0.5) is 0 Å². The van der Waals surface area contributed by atoms with Gasteiger partial charge in [0.05, 0.1) is 17.7 Å². The van der Waals surface area contributed by atoms with Crippen LogP contribution in [0.1, 0.15) is 10.4 Å². The highest BCUT2D eigenvalue weighted by Gasteiger charge is 2.27. The highest BCUT2D eigenvalue weighted by Crippen LogP contribution is 2.39. The van der Waals surface area contributed by atoms with Crippen LogP contribution in [0.2, 0.25) is 15.1 Å². The van der Waals surface area contributed by atoms with Crippen molar-refractivity contribution in [3.05, 3.63) is 63.6 Å². The zero-order valence-electron chi connectivity index (χ0n) is 15.8. The summed E-state index contributed by atoms with van der Waals surface area (Å²) >= 11 is 18.9. The van der Waals surface area contributed by atoms with Gasteiger partial charge in [-0.15, -0.1) is 0 Å². The van der Waals surface area contributed by atoms with Crippen molar-refractivity contribution in [2.45, 2.75) is 0 Å². The van der Waals surface area contributed by atoms with Gasteiger partial charge in [-0.25, -0.2) is 0 Å². The molecule has 0 unspecified atom stereocenters. The summed E-state index contributed by atoms with van der Waals surface area (Å²) in [5.74, 6) is 0.0224. The molecule has 0 bridgehead atoms. The van der Waals surface area contributed by atoms with E-state index in [1.165, 1.54) is 13.2 Å². The van der Waals surface area contributed by atoms with E-state index < -0.39 is 0 Å². The lowest BCUT2D eigenvalue weighted by molar-refractivity contribution is -0.127. The Balaban J connectivity index is 1.94. The first kappa shape index (κ1) is 21.5. The molecule has 152 valence electrons. The zero-order chi connectivity index (χ0) is 21.1. The van der Waals surface area contributed by atoms with Gasteiger partial charge in [-0.1, -0.05) is 41.4 Å². The fraction of sp³-hybridized carbons (Fsp3) is 0.238. The predicted octanol–water partition coefficient (Wildman–Crippen LogP) is 4.79. The fourth-order valence-electron chi connectivity index (χ4n) is 3.23. The van der Waals surface area contributed by atoms with E-state index in [1.807, 2.05) is 0 Å². The van der Waals surface area contributed by atoms with E-state index in [9.17, 15) is 9.59 Å². The number of carbonyl (C=O) groups is 2. The molecule has 1 aliphatic rings. The second-order valence-corrected chi connectivity index (χ2v) is 7.73. The van der Waals surface area contributed by atoms with E-state index in [1.54, 1.807) is 40.1 Å². The van der Waals surface area contributed by atoms with E-state index in [0.717, 1.165) is 0 Å². The van der Waals surface area contributed by atoms with E-state index in [-0.39, 0.29) is 11.8 Å². The van der Waals surface area contributed by atoms with Gasteiger partial charge in [0.15, 0.2) is 0 Å². The lowest BCUT2D eigenvalue weighted by atomic mass is 10.0. The summed E-state index contributed by atoms with van der Waals surface area (Å²) in [6.45, 7) is 5.22. The average Bonchev–Trinajstić information content (AvgIpc) is 2.74. The van der Waals surface area contributed by atoms with Crippen LogP contribution in [0.25, 0.3) is 11.1 Å². The number of hydrogen-bond acceptors (Lipinski definition) is 3. The Kier molecular flexibility index (Phi) is 6.73. The number of nitrogens with zero attached hydrogens (tertiary/aromatic N) is 2. The minimum atomic E-state index is -0.205. The number of hydrogen-bond donors (Lipinski definition) is 0. The molecule has 0 saturated carbocycles. The maximum Gasteiger partial charge on any atom is 0.257 e. The Morgan fingerprint density at radius 2 is 1.59 bits per heavy atom. The number of methoxy groups -OCH3 is 1. The third kappa shape index (κ3) is 4.53. The van der Waals surface area contributed by atoms with Gasteiger partial charge >= 0.3 is 0 Å². The Hall–Kier alpha value is -2.21. The third-order valence-corrected chi connectivity index (χ3v) is 5.67. The first-order valence-corrected chi connectivity index (χ1v) is 10.0. The molecular formula is C21H19Cl3N2O3. The number of carbonyl (C=O) groups excluding carboxylic acids is 2. The molecular weight excluding hydrogens is 435 g/mol. The van der Waals surface area contributed by atoms with Gasteiger partial charge in [0.2, 0.25) is 5.91 Å². The first-order chi connectivity index (χ1) is 13.8. The second-order valence-electron chi connectivity index (χ2n) is 6.48. The average molecular weight is 454 g/mol. The van der Waals surface area contributed by atoms with Crippen LogP contribution in [0.3, 0.4) is 0 Å². The predicted molar refractivity (Wildman–Crippen MR) is 116 cm³/mol. The fourth-order valence-corrected chi connectivity index (χ4v) is 3.88. The normalized spacial score (nSPS) is 13.9. The van der Waals surface area contributed by atoms with Crippen molar-refractivity contribution < 1.29 is 14.3 Å². The number of benzene rings is 2. The van der Waals surface area contributed by atoms with Crippen LogP contribution in [0.5, 0.6) is 5.75 Å². The number of ether oxygens (including phenoxy) is 1. The molecule has 0 radical (unpaired) electrons. The number of piperazine rings is 1. The molecule has 0 aromatic heterocycles. The van der Waals surface area contributed by atoms with Gasteiger partial charge in [0.1, 0.15) is 5.75 Å². The summed E-state index contributed by atoms with van der Waals surface area (Å²) in [5.41, 5.74) is 1.58.